The molecule has 3 aromatic rings. The van der Waals surface area contributed by atoms with Gasteiger partial charge in [-0.05, 0) is 68.0 Å². The van der Waals surface area contributed by atoms with Crippen molar-refractivity contribution in [2.75, 3.05) is 6.61 Å². The first-order chi connectivity index (χ1) is 17.4. The monoisotopic (exact) mass is 475 g/mol. The normalized spacial score (nSPS) is 12.9. The molecule has 2 aromatic carbocycles. The van der Waals surface area contributed by atoms with Crippen molar-refractivity contribution in [2.24, 2.45) is 0 Å². The lowest BCUT2D eigenvalue weighted by Crippen LogP contribution is -2.37. The smallest absolute Gasteiger partial charge is 0.303 e. The van der Waals surface area contributed by atoms with E-state index < -0.39 is 12.5 Å². The molecule has 1 amide bonds. The van der Waals surface area contributed by atoms with Crippen molar-refractivity contribution in [3.63, 3.8) is 0 Å². The fourth-order valence-corrected chi connectivity index (χ4v) is 3.68. The van der Waals surface area contributed by atoms with Gasteiger partial charge in [0.15, 0.2) is 0 Å². The van der Waals surface area contributed by atoms with Crippen molar-refractivity contribution >= 4 is 11.9 Å². The number of carbonyl (C=O) groups excluding carboxylic acids is 1. The van der Waals surface area contributed by atoms with Crippen molar-refractivity contribution in [2.45, 2.75) is 58.5 Å². The molecule has 0 aliphatic rings. The van der Waals surface area contributed by atoms with Gasteiger partial charge in [0.25, 0.3) is 5.91 Å². The molecule has 0 saturated carbocycles. The fourth-order valence-electron chi connectivity index (χ4n) is 3.68. The van der Waals surface area contributed by atoms with Crippen LogP contribution in [0.2, 0.25) is 0 Å². The Kier molecular flexibility index (Phi) is 9.28. The van der Waals surface area contributed by atoms with Crippen LogP contribution in [-0.2, 0) is 11.3 Å². The molecule has 6 nitrogen and oxygen atoms in total. The van der Waals surface area contributed by atoms with Gasteiger partial charge in [-0.1, -0.05) is 43.3 Å². The number of amides is 1. The third kappa shape index (κ3) is 7.67. The summed E-state index contributed by atoms with van der Waals surface area (Å²) in [6.45, 7) is 3.45. The summed E-state index contributed by atoms with van der Waals surface area (Å²) in [5.74, 6) is -0.422. The first-order valence-corrected chi connectivity index (χ1v) is 12.1. The van der Waals surface area contributed by atoms with Gasteiger partial charge in [-0.2, -0.15) is 0 Å². The Morgan fingerprint density at radius 1 is 1.03 bits per heavy atom. The van der Waals surface area contributed by atoms with Crippen molar-refractivity contribution < 1.29 is 20.8 Å². The second-order valence-corrected chi connectivity index (χ2v) is 8.51. The summed E-state index contributed by atoms with van der Waals surface area (Å²) in [5.41, 5.74) is 3.10. The molecule has 2 atom stereocenters. The highest BCUT2D eigenvalue weighted by Gasteiger charge is 2.22. The van der Waals surface area contributed by atoms with Crippen LogP contribution in [0.5, 0.6) is 5.75 Å². The predicted octanol–water partition coefficient (Wildman–Crippen LogP) is 6.21. The Morgan fingerprint density at radius 3 is 2.49 bits per heavy atom. The van der Waals surface area contributed by atoms with Gasteiger partial charge in [-0.3, -0.25) is 14.6 Å². The zero-order valence-corrected chi connectivity index (χ0v) is 20.4. The zero-order chi connectivity index (χ0) is 25.9. The molecule has 2 unspecified atom stereocenters. The van der Waals surface area contributed by atoms with Gasteiger partial charge in [-0.25, -0.2) is 0 Å². The van der Waals surface area contributed by atoms with E-state index in [1.807, 2.05) is 62.4 Å². The number of ether oxygens (including phenoxy) is 1. The van der Waals surface area contributed by atoms with Crippen molar-refractivity contribution in [3.05, 3.63) is 84.2 Å². The van der Waals surface area contributed by atoms with E-state index in [9.17, 15) is 9.59 Å². The van der Waals surface area contributed by atoms with Crippen molar-refractivity contribution in [3.8, 4) is 16.9 Å². The number of hydrogen-bond donors (Lipinski definition) is 1. The number of pyridine rings is 1. The summed E-state index contributed by atoms with van der Waals surface area (Å²) in [5, 5.41) is 8.77. The number of carbonyl (C=O) groups is 2. The molecule has 0 aliphatic heterocycles. The van der Waals surface area contributed by atoms with Gasteiger partial charge in [0.1, 0.15) is 5.75 Å². The highest BCUT2D eigenvalue weighted by molar-refractivity contribution is 5.95. The number of hydrogen-bond acceptors (Lipinski definition) is 4. The molecule has 0 bridgehead atoms. The number of unbranched alkanes of at least 4 members (excludes halogenated alkanes) is 2. The molecule has 35 heavy (non-hydrogen) atoms. The molecule has 6 heteroatoms. The summed E-state index contributed by atoms with van der Waals surface area (Å²) in [4.78, 5) is 30.0. The Morgan fingerprint density at radius 2 is 1.80 bits per heavy atom. The minimum Gasteiger partial charge on any atom is -0.493 e. The highest BCUT2D eigenvalue weighted by atomic mass is 16.5. The van der Waals surface area contributed by atoms with Crippen molar-refractivity contribution in [1.29, 1.82) is 0 Å². The molecule has 1 aromatic heterocycles. The maximum absolute atomic E-state index is 13.6. The van der Waals surface area contributed by atoms with E-state index in [4.69, 9.17) is 11.2 Å². The van der Waals surface area contributed by atoms with Crippen LogP contribution in [0.4, 0.5) is 0 Å². The second kappa shape index (κ2) is 13.3. The van der Waals surface area contributed by atoms with Gasteiger partial charge in [0.2, 0.25) is 0 Å². The summed E-state index contributed by atoms with van der Waals surface area (Å²) in [7, 11) is 0. The van der Waals surface area contributed by atoms with Gasteiger partial charge < -0.3 is 14.7 Å². The van der Waals surface area contributed by atoms with Gasteiger partial charge in [0, 0.05) is 42.5 Å². The third-order valence-electron chi connectivity index (χ3n) is 5.92. The largest absolute Gasteiger partial charge is 0.493 e. The van der Waals surface area contributed by atoms with Gasteiger partial charge in [0.05, 0.1) is 7.98 Å². The summed E-state index contributed by atoms with van der Waals surface area (Å²) < 4.78 is 15.0. The van der Waals surface area contributed by atoms with Gasteiger partial charge in [-0.15, -0.1) is 0 Å². The van der Waals surface area contributed by atoms with Crippen LogP contribution >= 0.6 is 0 Å². The van der Waals surface area contributed by atoms with Gasteiger partial charge >= 0.3 is 5.97 Å². The minimum absolute atomic E-state index is 0.151. The van der Waals surface area contributed by atoms with E-state index in [0.717, 1.165) is 24.0 Å². The van der Waals surface area contributed by atoms with Crippen LogP contribution < -0.4 is 4.74 Å². The van der Waals surface area contributed by atoms with Crippen LogP contribution in [0.25, 0.3) is 11.1 Å². The van der Waals surface area contributed by atoms with E-state index in [0.29, 0.717) is 36.3 Å². The van der Waals surface area contributed by atoms with E-state index in [1.165, 1.54) is 0 Å². The Balaban J connectivity index is 1.75. The Bertz CT molecular complexity index is 1120. The Labute approximate surface area is 209 Å². The van der Waals surface area contributed by atoms with Crippen LogP contribution in [0, 0.1) is 0 Å². The topological polar surface area (TPSA) is 79.7 Å². The first kappa shape index (κ1) is 24.5. The van der Waals surface area contributed by atoms with Crippen LogP contribution in [0.15, 0.2) is 73.1 Å². The molecule has 184 valence electrons. The molecule has 1 heterocycles. The average Bonchev–Trinajstić information content (AvgIpc) is 2.91. The number of nitrogens with zero attached hydrogens (tertiary/aromatic N) is 2. The van der Waals surface area contributed by atoms with E-state index in [-0.39, 0.29) is 18.4 Å². The second-order valence-electron chi connectivity index (χ2n) is 8.51. The van der Waals surface area contributed by atoms with E-state index in [1.54, 1.807) is 29.4 Å². The number of aliphatic carboxylic acids is 1. The minimum atomic E-state index is -0.936. The predicted molar refractivity (Wildman–Crippen MR) is 137 cm³/mol. The molecular formula is C29H34N2O4. The molecule has 1 N–H and O–H groups in total. The van der Waals surface area contributed by atoms with Crippen LogP contribution in [0.1, 0.15) is 63.2 Å². The third-order valence-corrected chi connectivity index (χ3v) is 5.92. The maximum atomic E-state index is 13.6. The van der Waals surface area contributed by atoms with Crippen molar-refractivity contribution in [1.82, 2.24) is 9.88 Å². The first-order valence-electron chi connectivity index (χ1n) is 12.7. The molecule has 0 saturated heterocycles. The maximum Gasteiger partial charge on any atom is 0.303 e. The molecule has 0 spiro atoms. The SMILES string of the molecule is [2H]C(c1ccccc1OCCCCCC(=O)O)N(C(=O)c1ccc(-c2cccnc2)cc1)C(C)CC. The van der Waals surface area contributed by atoms with Crippen LogP contribution in [-0.4, -0.2) is 39.5 Å². The summed E-state index contributed by atoms with van der Waals surface area (Å²) >= 11 is 0. The van der Waals surface area contributed by atoms with Crippen LogP contribution in [0.3, 0.4) is 0 Å². The lowest BCUT2D eigenvalue weighted by molar-refractivity contribution is -0.137. The molecule has 0 aliphatic carbocycles. The number of rotatable bonds is 13. The molecular weight excluding hydrogens is 440 g/mol. The quantitative estimate of drug-likeness (QED) is 0.297. The number of para-hydroxylation sites is 1. The standard InChI is InChI=1S/C29H34N2O4/c1-3-22(2)31(29(34)24-16-14-23(15-17-24)25-11-9-18-30-20-25)21-26-10-6-7-12-27(26)35-19-8-4-5-13-28(32)33/h6-7,9-12,14-18,20,22H,3-5,8,13,19,21H2,1-2H3,(H,32,33)/i21D. The lowest BCUT2D eigenvalue weighted by atomic mass is 10.0. The number of aromatic nitrogens is 1. The average molecular weight is 476 g/mol. The fraction of sp³-hybridized carbons (Fsp3) is 0.345. The molecule has 0 fully saturated rings. The summed E-state index contributed by atoms with van der Waals surface area (Å²) in [6.07, 6.45) is 6.46. The highest BCUT2D eigenvalue weighted by Crippen LogP contribution is 2.24. The number of benzene rings is 2. The van der Waals surface area contributed by atoms with E-state index >= 15 is 0 Å². The zero-order valence-electron chi connectivity index (χ0n) is 21.4. The molecule has 3 rings (SSSR count). The molecule has 0 radical (unpaired) electrons. The van der Waals surface area contributed by atoms with E-state index in [2.05, 4.69) is 4.98 Å². The number of carboxylic acid groups (broad SMARTS) is 1. The number of carboxylic acids is 1. The lowest BCUT2D eigenvalue weighted by Gasteiger charge is -2.29. The summed E-state index contributed by atoms with van der Waals surface area (Å²) in [6, 6.07) is 18.4. The Hall–Kier alpha value is -3.67.